The van der Waals surface area contributed by atoms with Crippen molar-refractivity contribution >= 4 is 17.6 Å². The molecule has 2 aromatic carbocycles. The summed E-state index contributed by atoms with van der Waals surface area (Å²) in [6, 6.07) is 10.5. The van der Waals surface area contributed by atoms with Crippen molar-refractivity contribution in [2.45, 2.75) is 32.5 Å². The molecule has 1 aliphatic heterocycles. The Kier molecular flexibility index (Phi) is 5.98. The topological polar surface area (TPSA) is 105 Å². The average molecular weight is 411 g/mol. The Hall–Kier alpha value is -3.52. The first-order chi connectivity index (χ1) is 14.2. The van der Waals surface area contributed by atoms with Gasteiger partial charge in [-0.25, -0.2) is 9.59 Å². The molecule has 0 bridgehead atoms. The maximum Gasteiger partial charge on any atom is 0.347 e. The Labute approximate surface area is 173 Å². The number of nitrogens with zero attached hydrogens (tertiary/aromatic N) is 1. The number of aryl methyl sites for hydroxylation is 2. The number of hydrogen-bond donors (Lipinski definition) is 0. The zero-order valence-corrected chi connectivity index (χ0v) is 16.8. The molecule has 0 saturated carbocycles. The second kappa shape index (κ2) is 8.46. The molecule has 0 amide bonds. The Morgan fingerprint density at radius 3 is 2.37 bits per heavy atom. The van der Waals surface area contributed by atoms with E-state index in [4.69, 9.17) is 14.2 Å². The Morgan fingerprint density at radius 1 is 1.13 bits per heavy atom. The van der Waals surface area contributed by atoms with E-state index < -0.39 is 28.6 Å². The highest BCUT2D eigenvalue weighted by atomic mass is 16.6. The summed E-state index contributed by atoms with van der Waals surface area (Å²) >= 11 is 0. The smallest absolute Gasteiger partial charge is 0.347 e. The number of hydrogen-bond acceptors (Lipinski definition) is 7. The van der Waals surface area contributed by atoms with Gasteiger partial charge in [-0.3, -0.25) is 10.1 Å². The van der Waals surface area contributed by atoms with E-state index >= 15 is 0 Å². The van der Waals surface area contributed by atoms with Crippen LogP contribution in [0.2, 0.25) is 0 Å². The van der Waals surface area contributed by atoms with Gasteiger partial charge in [-0.05, 0) is 50.1 Å². The number of carbonyl (C=O) groups is 2. The quantitative estimate of drug-likeness (QED) is 0.243. The van der Waals surface area contributed by atoms with E-state index in [0.717, 1.165) is 11.1 Å². The first-order valence-corrected chi connectivity index (χ1v) is 9.27. The van der Waals surface area contributed by atoms with Crippen LogP contribution in [-0.4, -0.2) is 35.2 Å². The van der Waals surface area contributed by atoms with E-state index in [-0.39, 0.29) is 17.9 Å². The largest absolute Gasteiger partial charge is 0.451 e. The number of para-hydroxylation sites is 1. The van der Waals surface area contributed by atoms with E-state index in [1.807, 2.05) is 32.0 Å². The van der Waals surface area contributed by atoms with Crippen molar-refractivity contribution in [3.63, 3.8) is 0 Å². The minimum absolute atomic E-state index is 0.116. The number of nitro benzene ring substituents is 1. The fourth-order valence-corrected chi connectivity index (χ4v) is 3.05. The van der Waals surface area contributed by atoms with Gasteiger partial charge in [0.2, 0.25) is 5.60 Å². The average Bonchev–Trinajstić information content (AvgIpc) is 2.72. The van der Waals surface area contributed by atoms with E-state index in [0.29, 0.717) is 5.75 Å². The number of nitro groups is 1. The van der Waals surface area contributed by atoms with Crippen LogP contribution in [0.25, 0.3) is 0 Å². The molecule has 0 unspecified atom stereocenters. The van der Waals surface area contributed by atoms with Crippen LogP contribution in [0, 0.1) is 24.0 Å². The lowest BCUT2D eigenvalue weighted by atomic mass is 9.96. The van der Waals surface area contributed by atoms with Crippen molar-refractivity contribution in [1.29, 1.82) is 0 Å². The SMILES string of the molecule is Cc1cccc(C)c1OC(=O)[C@]1(C)OCC=C[C@@H]1OC(=O)c1ccc([N+](=O)[O-])cc1. The molecule has 0 aromatic heterocycles. The molecule has 30 heavy (non-hydrogen) atoms. The van der Waals surface area contributed by atoms with Crippen LogP contribution < -0.4 is 4.74 Å². The molecule has 2 aromatic rings. The minimum atomic E-state index is -1.56. The van der Waals surface area contributed by atoms with Gasteiger partial charge in [-0.2, -0.15) is 0 Å². The first kappa shape index (κ1) is 21.2. The van der Waals surface area contributed by atoms with Gasteiger partial charge in [0.25, 0.3) is 5.69 Å². The number of non-ortho nitro benzene ring substituents is 1. The van der Waals surface area contributed by atoms with Crippen LogP contribution in [0.5, 0.6) is 5.75 Å². The van der Waals surface area contributed by atoms with Gasteiger partial charge < -0.3 is 14.2 Å². The molecule has 156 valence electrons. The molecule has 0 radical (unpaired) electrons. The van der Waals surface area contributed by atoms with Crippen LogP contribution >= 0.6 is 0 Å². The summed E-state index contributed by atoms with van der Waals surface area (Å²) < 4.78 is 16.8. The number of carbonyl (C=O) groups excluding carboxylic acids is 2. The molecule has 1 aliphatic rings. The van der Waals surface area contributed by atoms with Gasteiger partial charge >= 0.3 is 11.9 Å². The van der Waals surface area contributed by atoms with Crippen molar-refractivity contribution in [2.75, 3.05) is 6.61 Å². The lowest BCUT2D eigenvalue weighted by molar-refractivity contribution is -0.384. The summed E-state index contributed by atoms with van der Waals surface area (Å²) in [5.41, 5.74) is -0.00476. The van der Waals surface area contributed by atoms with Gasteiger partial charge in [0.15, 0.2) is 6.10 Å². The van der Waals surface area contributed by atoms with Gasteiger partial charge in [-0.1, -0.05) is 24.3 Å². The predicted molar refractivity (Wildman–Crippen MR) is 107 cm³/mol. The zero-order chi connectivity index (χ0) is 21.9. The predicted octanol–water partition coefficient (Wildman–Crippen LogP) is 3.69. The van der Waals surface area contributed by atoms with Crippen LogP contribution in [0.1, 0.15) is 28.4 Å². The maximum atomic E-state index is 13.0. The fourth-order valence-electron chi connectivity index (χ4n) is 3.05. The molecule has 0 spiro atoms. The third kappa shape index (κ3) is 4.23. The molecule has 0 N–H and O–H groups in total. The van der Waals surface area contributed by atoms with Crippen LogP contribution in [0.3, 0.4) is 0 Å². The van der Waals surface area contributed by atoms with Crippen LogP contribution in [0.4, 0.5) is 5.69 Å². The molecular formula is C22H21NO7. The van der Waals surface area contributed by atoms with Crippen LogP contribution in [0.15, 0.2) is 54.6 Å². The molecule has 2 atom stereocenters. The fraction of sp³-hybridized carbons (Fsp3) is 0.273. The van der Waals surface area contributed by atoms with Gasteiger partial charge in [0, 0.05) is 12.1 Å². The molecule has 0 fully saturated rings. The summed E-state index contributed by atoms with van der Waals surface area (Å²) in [5.74, 6) is -0.996. The van der Waals surface area contributed by atoms with E-state index in [1.54, 1.807) is 12.2 Å². The van der Waals surface area contributed by atoms with Crippen molar-refractivity contribution in [2.24, 2.45) is 0 Å². The molecule has 8 heteroatoms. The van der Waals surface area contributed by atoms with Crippen molar-refractivity contribution in [3.05, 3.63) is 81.4 Å². The molecule has 1 heterocycles. The number of ether oxygens (including phenoxy) is 3. The van der Waals surface area contributed by atoms with Crippen molar-refractivity contribution in [1.82, 2.24) is 0 Å². The van der Waals surface area contributed by atoms with E-state index in [1.165, 1.54) is 31.2 Å². The van der Waals surface area contributed by atoms with Crippen molar-refractivity contribution < 1.29 is 28.7 Å². The van der Waals surface area contributed by atoms with E-state index in [2.05, 4.69) is 0 Å². The second-order valence-electron chi connectivity index (χ2n) is 7.09. The van der Waals surface area contributed by atoms with Gasteiger partial charge in [0.1, 0.15) is 5.75 Å². The summed E-state index contributed by atoms with van der Waals surface area (Å²) in [6.07, 6.45) is 2.17. The molecular weight excluding hydrogens is 390 g/mol. The highest BCUT2D eigenvalue weighted by Gasteiger charge is 2.47. The van der Waals surface area contributed by atoms with E-state index in [9.17, 15) is 19.7 Å². The summed E-state index contributed by atoms with van der Waals surface area (Å²) in [4.78, 5) is 35.7. The molecule has 0 aliphatic carbocycles. The molecule has 3 rings (SSSR count). The zero-order valence-electron chi connectivity index (χ0n) is 16.8. The highest BCUT2D eigenvalue weighted by molar-refractivity contribution is 5.91. The Bertz CT molecular complexity index is 992. The summed E-state index contributed by atoms with van der Waals surface area (Å²) in [5, 5.41) is 10.8. The number of rotatable bonds is 5. The molecule has 0 saturated heterocycles. The third-order valence-electron chi connectivity index (χ3n) is 4.89. The second-order valence-corrected chi connectivity index (χ2v) is 7.09. The lowest BCUT2D eigenvalue weighted by Crippen LogP contribution is -2.54. The van der Waals surface area contributed by atoms with Gasteiger partial charge in [0.05, 0.1) is 17.1 Å². The molecule has 8 nitrogen and oxygen atoms in total. The third-order valence-corrected chi connectivity index (χ3v) is 4.89. The van der Waals surface area contributed by atoms with Gasteiger partial charge in [-0.15, -0.1) is 0 Å². The maximum absolute atomic E-state index is 13.0. The van der Waals surface area contributed by atoms with Crippen molar-refractivity contribution in [3.8, 4) is 5.75 Å². The summed E-state index contributed by atoms with van der Waals surface area (Å²) in [7, 11) is 0. The monoisotopic (exact) mass is 411 g/mol. The first-order valence-electron chi connectivity index (χ1n) is 9.27. The standard InChI is InChI=1S/C22H21NO7/c1-14-6-4-7-15(2)19(14)30-21(25)22(3)18(8-5-13-28-22)29-20(24)16-9-11-17(12-10-16)23(26)27/h4-12,18H,13H2,1-3H3/t18-,22+/m0/s1. The minimum Gasteiger partial charge on any atom is -0.451 e. The Balaban J connectivity index is 1.80. The normalized spacial score (nSPS) is 20.4. The Morgan fingerprint density at radius 2 is 1.77 bits per heavy atom. The summed E-state index contributed by atoms with van der Waals surface area (Å²) in [6.45, 7) is 5.31. The lowest BCUT2D eigenvalue weighted by Gasteiger charge is -2.35. The number of esters is 2. The number of benzene rings is 2. The van der Waals surface area contributed by atoms with Crippen LogP contribution in [-0.2, 0) is 14.3 Å². The highest BCUT2D eigenvalue weighted by Crippen LogP contribution is 2.30.